The predicted molar refractivity (Wildman–Crippen MR) is 160 cm³/mol. The Morgan fingerprint density at radius 3 is 1.46 bits per heavy atom. The van der Waals surface area contributed by atoms with Gasteiger partial charge in [0.25, 0.3) is 0 Å². The number of allylic oxidation sites excluding steroid dienone is 2. The van der Waals surface area contributed by atoms with Crippen LogP contribution in [0.5, 0.6) is 0 Å². The van der Waals surface area contributed by atoms with E-state index in [-0.39, 0.29) is 18.2 Å². The average Bonchev–Trinajstić information content (AvgIpc) is 2.70. The van der Waals surface area contributed by atoms with Crippen LogP contribution in [0.4, 0.5) is 0 Å². The van der Waals surface area contributed by atoms with E-state index in [0.29, 0.717) is 41.2 Å². The molecule has 9 atom stereocenters. The van der Waals surface area contributed by atoms with E-state index < -0.39 is 0 Å². The Morgan fingerprint density at radius 2 is 1.10 bits per heavy atom. The third kappa shape index (κ3) is 17.0. The van der Waals surface area contributed by atoms with Gasteiger partial charge in [-0.05, 0) is 106 Å². The summed E-state index contributed by atoms with van der Waals surface area (Å²) >= 11 is 0. The van der Waals surface area contributed by atoms with Crippen molar-refractivity contribution in [2.45, 2.75) is 145 Å². The molecule has 0 bridgehead atoms. The van der Waals surface area contributed by atoms with E-state index in [4.69, 9.17) is 4.74 Å². The van der Waals surface area contributed by atoms with Gasteiger partial charge in [0.15, 0.2) is 5.78 Å². The molecule has 0 spiro atoms. The number of esters is 1. The second-order valence-corrected chi connectivity index (χ2v) is 14.1. The van der Waals surface area contributed by atoms with Gasteiger partial charge >= 0.3 is 5.97 Å². The smallest absolute Gasteiger partial charge is 0.302 e. The van der Waals surface area contributed by atoms with Crippen LogP contribution in [0.25, 0.3) is 0 Å². The molecular weight excluding hydrogens is 488 g/mol. The van der Waals surface area contributed by atoms with Crippen molar-refractivity contribution in [3.8, 4) is 0 Å². The summed E-state index contributed by atoms with van der Waals surface area (Å²) in [5.41, 5.74) is 1.23. The second kappa shape index (κ2) is 18.0. The maximum absolute atomic E-state index is 10.9. The molecule has 0 aromatic carbocycles. The van der Waals surface area contributed by atoms with Crippen molar-refractivity contribution in [1.29, 1.82) is 0 Å². The molecule has 0 aliphatic heterocycles. The van der Waals surface area contributed by atoms with E-state index in [2.05, 4.69) is 48.5 Å². The van der Waals surface area contributed by atoms with Gasteiger partial charge in [0.1, 0.15) is 11.9 Å². The van der Waals surface area contributed by atoms with Crippen LogP contribution in [-0.4, -0.2) is 34.9 Å². The molecule has 0 saturated heterocycles. The number of carbonyl (C=O) groups excluding carboxylic acids is 3. The maximum atomic E-state index is 10.9. The zero-order valence-electron chi connectivity index (χ0n) is 26.6. The minimum absolute atomic E-state index is 0.0104. The number of aliphatic hydroxyl groups is 1. The van der Waals surface area contributed by atoms with Gasteiger partial charge in [-0.25, -0.2) is 0 Å². The van der Waals surface area contributed by atoms with Crippen LogP contribution in [0.2, 0.25) is 0 Å². The fourth-order valence-electron chi connectivity index (χ4n) is 7.18. The molecule has 0 aromatic heterocycles. The first-order valence-electron chi connectivity index (χ1n) is 15.7. The Bertz CT molecular complexity index is 739. The highest BCUT2D eigenvalue weighted by Gasteiger charge is 2.25. The zero-order chi connectivity index (χ0) is 29.7. The molecule has 4 aliphatic carbocycles. The van der Waals surface area contributed by atoms with Crippen LogP contribution < -0.4 is 0 Å². The Morgan fingerprint density at radius 1 is 0.667 bits per heavy atom. The summed E-state index contributed by atoms with van der Waals surface area (Å²) in [5.74, 6) is 5.36. The largest absolute Gasteiger partial charge is 0.463 e. The molecule has 39 heavy (non-hydrogen) atoms. The quantitative estimate of drug-likeness (QED) is 0.335. The number of ketones is 2. The molecule has 0 heterocycles. The van der Waals surface area contributed by atoms with Crippen molar-refractivity contribution in [1.82, 2.24) is 0 Å². The van der Waals surface area contributed by atoms with Crippen LogP contribution in [0.1, 0.15) is 133 Å². The van der Waals surface area contributed by atoms with Gasteiger partial charge in [-0.1, -0.05) is 54.0 Å². The molecule has 0 radical (unpaired) electrons. The summed E-state index contributed by atoms with van der Waals surface area (Å²) in [6.07, 6.45) is 13.4. The van der Waals surface area contributed by atoms with E-state index >= 15 is 0 Å². The van der Waals surface area contributed by atoms with Crippen molar-refractivity contribution >= 4 is 17.5 Å². The Kier molecular flexibility index (Phi) is 16.4. The molecule has 4 rings (SSSR count). The van der Waals surface area contributed by atoms with Crippen LogP contribution in [0.3, 0.4) is 0 Å². The molecule has 3 saturated carbocycles. The molecule has 3 unspecified atom stereocenters. The van der Waals surface area contributed by atoms with Gasteiger partial charge in [0.2, 0.25) is 0 Å². The van der Waals surface area contributed by atoms with Crippen LogP contribution >= 0.6 is 0 Å². The van der Waals surface area contributed by atoms with Crippen molar-refractivity contribution in [3.63, 3.8) is 0 Å². The molecular formula is C34H60O5. The van der Waals surface area contributed by atoms with E-state index in [1.807, 2.05) is 6.92 Å². The van der Waals surface area contributed by atoms with E-state index in [1.54, 1.807) is 6.08 Å². The van der Waals surface area contributed by atoms with Crippen LogP contribution in [0, 0.1) is 41.4 Å². The number of ether oxygens (including phenoxy) is 1. The fourth-order valence-corrected chi connectivity index (χ4v) is 7.18. The zero-order valence-corrected chi connectivity index (χ0v) is 26.6. The maximum Gasteiger partial charge on any atom is 0.302 e. The topological polar surface area (TPSA) is 80.7 Å². The van der Waals surface area contributed by atoms with Gasteiger partial charge < -0.3 is 9.84 Å². The Hall–Kier alpha value is -1.49. The standard InChI is InChI=1S/C10H18O2.C8H16O.C8H14O.C8H12O/c1-7-4-8(2)6-10(5-7)12-9(3)11;3*1-6-3-7(2)5-8(9)4-6/h7-8,10H,4-6H2,1-3H3;6-9H,3-5H2,1-2H3;6-7H,3-5H2,1-2H3;4,7H,3,5H2,1-2H3/t7-,8+,10?;6-,7+,8?;6-,7+;. The average molecular weight is 549 g/mol. The SMILES string of the molecule is CC(=O)OC1C[C@@H](C)C[C@@H](C)C1.CC1=CC(=O)CC(C)C1.C[C@@H]1CC(=O)C[C@H](C)C1.C[C@@H]1CC(O)C[C@H](C)C1. The first-order valence-corrected chi connectivity index (χ1v) is 15.7. The number of carbonyl (C=O) groups is 3. The molecule has 5 nitrogen and oxygen atoms in total. The number of rotatable bonds is 1. The Balaban J connectivity index is 0.000000262. The number of Topliss-reactive ketones (excluding diaryl/α,β-unsaturated/α-hetero) is 1. The lowest BCUT2D eigenvalue weighted by atomic mass is 9.82. The summed E-state index contributed by atoms with van der Waals surface area (Å²) < 4.78 is 5.19. The number of hydrogen-bond acceptors (Lipinski definition) is 5. The molecule has 4 aliphatic rings. The second-order valence-electron chi connectivity index (χ2n) is 14.1. The lowest BCUT2D eigenvalue weighted by molar-refractivity contribution is -0.149. The van der Waals surface area contributed by atoms with Gasteiger partial charge in [0.05, 0.1) is 6.10 Å². The first-order chi connectivity index (χ1) is 18.1. The molecule has 5 heteroatoms. The molecule has 226 valence electrons. The normalized spacial score (nSPS) is 36.5. The highest BCUT2D eigenvalue weighted by molar-refractivity contribution is 5.91. The van der Waals surface area contributed by atoms with Crippen molar-refractivity contribution < 1.29 is 24.2 Å². The Labute approximate surface area is 239 Å². The monoisotopic (exact) mass is 548 g/mol. The van der Waals surface area contributed by atoms with Crippen molar-refractivity contribution in [3.05, 3.63) is 11.6 Å². The van der Waals surface area contributed by atoms with Gasteiger partial charge in [0, 0.05) is 26.2 Å². The van der Waals surface area contributed by atoms with Crippen LogP contribution in [-0.2, 0) is 19.1 Å². The highest BCUT2D eigenvalue weighted by atomic mass is 16.5. The summed E-state index contributed by atoms with van der Waals surface area (Å²) in [5, 5.41) is 9.25. The van der Waals surface area contributed by atoms with Crippen LogP contribution in [0.15, 0.2) is 11.6 Å². The van der Waals surface area contributed by atoms with E-state index in [1.165, 1.54) is 31.8 Å². The highest BCUT2D eigenvalue weighted by Crippen LogP contribution is 2.30. The number of aliphatic hydroxyl groups excluding tert-OH is 1. The summed E-state index contributed by atoms with van der Waals surface area (Å²) in [6.45, 7) is 18.9. The minimum Gasteiger partial charge on any atom is -0.463 e. The first kappa shape index (κ1) is 35.5. The van der Waals surface area contributed by atoms with Crippen molar-refractivity contribution in [2.75, 3.05) is 0 Å². The lowest BCUT2D eigenvalue weighted by Gasteiger charge is -2.30. The minimum atomic E-state index is -0.138. The van der Waals surface area contributed by atoms with E-state index in [0.717, 1.165) is 63.2 Å². The lowest BCUT2D eigenvalue weighted by Crippen LogP contribution is -2.27. The third-order valence-electron chi connectivity index (χ3n) is 8.21. The molecule has 1 N–H and O–H groups in total. The van der Waals surface area contributed by atoms with Crippen molar-refractivity contribution in [2.24, 2.45) is 41.4 Å². The molecule has 0 aromatic rings. The number of hydrogen-bond donors (Lipinski definition) is 1. The van der Waals surface area contributed by atoms with E-state index in [9.17, 15) is 19.5 Å². The van der Waals surface area contributed by atoms with Gasteiger partial charge in [-0.2, -0.15) is 0 Å². The fraction of sp³-hybridized carbons (Fsp3) is 0.853. The van der Waals surface area contributed by atoms with Gasteiger partial charge in [-0.3, -0.25) is 14.4 Å². The molecule has 0 amide bonds. The molecule has 3 fully saturated rings. The van der Waals surface area contributed by atoms with Gasteiger partial charge in [-0.15, -0.1) is 0 Å². The summed E-state index contributed by atoms with van der Waals surface area (Å²) in [6, 6.07) is 0. The summed E-state index contributed by atoms with van der Waals surface area (Å²) in [4.78, 5) is 32.4. The summed E-state index contributed by atoms with van der Waals surface area (Å²) in [7, 11) is 0. The third-order valence-corrected chi connectivity index (χ3v) is 8.21. The predicted octanol–water partition coefficient (Wildman–Crippen LogP) is 8.12.